The number of methoxy groups -OCH3 is 2. The van der Waals surface area contributed by atoms with Gasteiger partial charge in [-0.3, -0.25) is 0 Å². The van der Waals surface area contributed by atoms with Gasteiger partial charge in [-0.05, 0) is 42.0 Å². The highest BCUT2D eigenvalue weighted by molar-refractivity contribution is 6.11. The summed E-state index contributed by atoms with van der Waals surface area (Å²) in [6.45, 7) is 0.832. The summed E-state index contributed by atoms with van der Waals surface area (Å²) < 4.78 is 55.2. The third-order valence-electron chi connectivity index (χ3n) is 5.29. The molecule has 7 heteroatoms. The number of ether oxygens (including phenoxy) is 2. The molecule has 3 nitrogen and oxygen atoms in total. The van der Waals surface area contributed by atoms with Crippen LogP contribution in [0.15, 0.2) is 54.6 Å². The van der Waals surface area contributed by atoms with E-state index in [1.165, 1.54) is 25.3 Å². The number of fused-ring (bicyclic) bond motifs is 1. The van der Waals surface area contributed by atoms with Crippen LogP contribution >= 0.6 is 0 Å². The van der Waals surface area contributed by atoms with Crippen LogP contribution in [0.1, 0.15) is 22.3 Å². The van der Waals surface area contributed by atoms with Gasteiger partial charge >= 0.3 is 0 Å². The minimum Gasteiger partial charge on any atom is -1.00 e. The van der Waals surface area contributed by atoms with Crippen molar-refractivity contribution in [1.29, 1.82) is 0 Å². The first-order chi connectivity index (χ1) is 14.5. The molecule has 1 heterocycles. The molecule has 0 saturated carbocycles. The summed E-state index contributed by atoms with van der Waals surface area (Å²) in [7, 11) is 3.09. The van der Waals surface area contributed by atoms with Gasteiger partial charge in [-0.2, -0.15) is 0 Å². The molecule has 0 fully saturated rings. The van der Waals surface area contributed by atoms with Crippen LogP contribution < -0.4 is 21.9 Å². The zero-order chi connectivity index (χ0) is 21.3. The largest absolute Gasteiger partial charge is 1.00 e. The average Bonchev–Trinajstić information content (AvgIpc) is 2.73. The molecular weight excluding hydrogens is 427 g/mol. The molecule has 0 radical (unpaired) electrons. The van der Waals surface area contributed by atoms with Crippen LogP contribution in [0, 0.1) is 17.5 Å². The summed E-state index contributed by atoms with van der Waals surface area (Å²) in [6.07, 6.45) is 0.672. The monoisotopic (exact) mass is 447 g/mol. The molecule has 3 aromatic rings. The number of hydrogen-bond acceptors (Lipinski definition) is 2. The van der Waals surface area contributed by atoms with Gasteiger partial charge < -0.3 is 21.9 Å². The van der Waals surface area contributed by atoms with Gasteiger partial charge in [0.1, 0.15) is 24.0 Å². The lowest BCUT2D eigenvalue weighted by Gasteiger charge is -2.21. The van der Waals surface area contributed by atoms with Crippen LogP contribution in [0.25, 0.3) is 0 Å². The fourth-order valence-corrected chi connectivity index (χ4v) is 3.90. The molecule has 0 amide bonds. The van der Waals surface area contributed by atoms with Crippen molar-refractivity contribution in [3.05, 3.63) is 94.3 Å². The maximum atomic E-state index is 14.3. The van der Waals surface area contributed by atoms with E-state index in [-0.39, 0.29) is 24.8 Å². The summed E-state index contributed by atoms with van der Waals surface area (Å²) in [6, 6.07) is 13.6. The Morgan fingerprint density at radius 1 is 0.871 bits per heavy atom. The summed E-state index contributed by atoms with van der Waals surface area (Å²) in [4.78, 5) is 0. The Kier molecular flexibility index (Phi) is 6.91. The first-order valence-corrected chi connectivity index (χ1v) is 9.57. The number of halogens is 4. The van der Waals surface area contributed by atoms with Crippen molar-refractivity contribution >= 4 is 5.71 Å². The molecule has 0 aliphatic carbocycles. The molecule has 3 aromatic carbocycles. The summed E-state index contributed by atoms with van der Waals surface area (Å²) >= 11 is 0. The maximum Gasteiger partial charge on any atom is 0.215 e. The number of rotatable bonds is 5. The second-order valence-electron chi connectivity index (χ2n) is 7.13. The van der Waals surface area contributed by atoms with Gasteiger partial charge in [0.25, 0.3) is 0 Å². The minimum absolute atomic E-state index is 0. The second kappa shape index (κ2) is 9.43. The van der Waals surface area contributed by atoms with Crippen LogP contribution in [0.2, 0.25) is 0 Å². The third kappa shape index (κ3) is 4.54. The third-order valence-corrected chi connectivity index (χ3v) is 5.29. The highest BCUT2D eigenvalue weighted by Crippen LogP contribution is 2.34. The molecule has 0 spiro atoms. The lowest BCUT2D eigenvalue weighted by molar-refractivity contribution is -0.544. The Hall–Kier alpha value is -2.99. The molecule has 0 unspecified atom stereocenters. The van der Waals surface area contributed by atoms with Gasteiger partial charge in [-0.25, -0.2) is 17.7 Å². The first kappa shape index (κ1) is 22.7. The van der Waals surface area contributed by atoms with Crippen molar-refractivity contribution in [2.24, 2.45) is 0 Å². The standard InChI is InChI=1S/C24H21F3NO2.ClH/c1-29-22-11-15-7-8-28(14-16-5-3-4-6-21(16)27)24(20(15)13-23(22)30-2)17-9-18(25)12-19(26)10-17;/h3-6,9-13H,7-8,14H2,1-2H3;1H/q+1;/p-1. The van der Waals surface area contributed by atoms with Crippen LogP contribution in [0.3, 0.4) is 0 Å². The molecule has 0 N–H and O–H groups in total. The van der Waals surface area contributed by atoms with E-state index in [1.54, 1.807) is 31.4 Å². The molecule has 0 saturated heterocycles. The SMILES string of the molecule is COc1cc2c(cc1OC)C(c1cc(F)cc(F)c1)=[N+](Cc1ccccc1F)CC2.[Cl-]. The molecule has 1 aliphatic rings. The molecule has 0 bridgehead atoms. The highest BCUT2D eigenvalue weighted by atomic mass is 35.5. The van der Waals surface area contributed by atoms with Crippen molar-refractivity contribution in [1.82, 2.24) is 0 Å². The molecule has 162 valence electrons. The van der Waals surface area contributed by atoms with E-state index in [4.69, 9.17) is 9.47 Å². The summed E-state index contributed by atoms with van der Waals surface area (Å²) in [5.41, 5.74) is 3.27. The minimum atomic E-state index is -0.670. The maximum absolute atomic E-state index is 14.3. The van der Waals surface area contributed by atoms with Gasteiger partial charge in [0.15, 0.2) is 18.0 Å². The van der Waals surface area contributed by atoms with E-state index in [9.17, 15) is 13.2 Å². The van der Waals surface area contributed by atoms with E-state index in [2.05, 4.69) is 0 Å². The van der Waals surface area contributed by atoms with Crippen LogP contribution in [0.5, 0.6) is 11.5 Å². The molecular formula is C24H21ClF3NO2. The normalized spacial score (nSPS) is 12.8. The molecule has 1 aliphatic heterocycles. The Labute approximate surface area is 185 Å². The smallest absolute Gasteiger partial charge is 0.215 e. The molecule has 0 atom stereocenters. The topological polar surface area (TPSA) is 21.5 Å². The van der Waals surface area contributed by atoms with Crippen molar-refractivity contribution in [3.63, 3.8) is 0 Å². The molecule has 4 rings (SSSR count). The van der Waals surface area contributed by atoms with Crippen molar-refractivity contribution in [3.8, 4) is 11.5 Å². The Bertz CT molecular complexity index is 1130. The zero-order valence-corrected chi connectivity index (χ0v) is 17.8. The van der Waals surface area contributed by atoms with Crippen molar-refractivity contribution in [2.75, 3.05) is 20.8 Å². The van der Waals surface area contributed by atoms with Gasteiger partial charge in [0.05, 0.1) is 30.9 Å². The molecule has 0 aromatic heterocycles. The van der Waals surface area contributed by atoms with Crippen LogP contribution in [0.4, 0.5) is 13.2 Å². The van der Waals surface area contributed by atoms with Crippen LogP contribution in [-0.4, -0.2) is 31.1 Å². The van der Waals surface area contributed by atoms with E-state index in [0.29, 0.717) is 41.3 Å². The lowest BCUT2D eigenvalue weighted by Crippen LogP contribution is -3.00. The number of benzene rings is 3. The predicted octanol–water partition coefficient (Wildman–Crippen LogP) is 1.73. The van der Waals surface area contributed by atoms with Crippen LogP contribution in [-0.2, 0) is 13.0 Å². The van der Waals surface area contributed by atoms with E-state index < -0.39 is 11.6 Å². The number of nitrogens with zero attached hydrogens (tertiary/aromatic N) is 1. The van der Waals surface area contributed by atoms with Gasteiger partial charge in [0, 0.05) is 12.5 Å². The Morgan fingerprint density at radius 3 is 2.16 bits per heavy atom. The zero-order valence-electron chi connectivity index (χ0n) is 17.1. The molecule has 31 heavy (non-hydrogen) atoms. The average molecular weight is 448 g/mol. The fourth-order valence-electron chi connectivity index (χ4n) is 3.90. The second-order valence-corrected chi connectivity index (χ2v) is 7.13. The van der Waals surface area contributed by atoms with E-state index in [0.717, 1.165) is 17.2 Å². The van der Waals surface area contributed by atoms with Gasteiger partial charge in [0.2, 0.25) is 5.71 Å². The van der Waals surface area contributed by atoms with E-state index >= 15 is 0 Å². The quantitative estimate of drug-likeness (QED) is 0.556. The van der Waals surface area contributed by atoms with Gasteiger partial charge in [-0.15, -0.1) is 0 Å². The lowest BCUT2D eigenvalue weighted by atomic mass is 9.91. The fraction of sp³-hybridized carbons (Fsp3) is 0.208. The summed E-state index contributed by atoms with van der Waals surface area (Å²) in [5, 5.41) is 0. The Morgan fingerprint density at radius 2 is 1.52 bits per heavy atom. The predicted molar refractivity (Wildman–Crippen MR) is 108 cm³/mol. The van der Waals surface area contributed by atoms with Crippen molar-refractivity contribution < 1.29 is 39.6 Å². The number of hydrogen-bond donors (Lipinski definition) is 0. The van der Waals surface area contributed by atoms with Gasteiger partial charge in [-0.1, -0.05) is 12.1 Å². The Balaban J connectivity index is 0.00000272. The summed E-state index contributed by atoms with van der Waals surface area (Å²) in [5.74, 6) is -0.561. The highest BCUT2D eigenvalue weighted by Gasteiger charge is 2.30. The first-order valence-electron chi connectivity index (χ1n) is 9.57. The van der Waals surface area contributed by atoms with Crippen molar-refractivity contribution in [2.45, 2.75) is 13.0 Å². The van der Waals surface area contributed by atoms with E-state index in [1.807, 2.05) is 10.6 Å².